The molecule has 0 aliphatic carbocycles. The van der Waals surface area contributed by atoms with Crippen molar-refractivity contribution in [2.24, 2.45) is 0 Å². The number of likely N-dealkylation sites (N-methyl/N-ethyl adjacent to an activating group) is 1. The zero-order valence-electron chi connectivity index (χ0n) is 11.9. The van der Waals surface area contributed by atoms with Crippen molar-refractivity contribution >= 4 is 24.0 Å². The molecule has 1 fully saturated rings. The number of nitrogens with zero attached hydrogens (tertiary/aromatic N) is 2. The number of halogens is 1. The van der Waals surface area contributed by atoms with Crippen LogP contribution in [0.15, 0.2) is 24.3 Å². The summed E-state index contributed by atoms with van der Waals surface area (Å²) in [4.78, 5) is 24.5. The zero-order chi connectivity index (χ0) is 14.5. The Morgan fingerprint density at radius 3 is 2.95 bits per heavy atom. The fourth-order valence-electron chi connectivity index (χ4n) is 2.67. The molecule has 1 aliphatic heterocycles. The lowest BCUT2D eigenvalue weighted by Crippen LogP contribution is -2.41. The number of non-ortho nitro benzene ring substituents is 1. The van der Waals surface area contributed by atoms with Gasteiger partial charge >= 0.3 is 0 Å². The van der Waals surface area contributed by atoms with E-state index in [1.165, 1.54) is 12.1 Å². The maximum atomic E-state index is 12.3. The van der Waals surface area contributed by atoms with Crippen molar-refractivity contribution in [3.63, 3.8) is 0 Å². The van der Waals surface area contributed by atoms with E-state index in [1.54, 1.807) is 12.1 Å². The van der Waals surface area contributed by atoms with Crippen LogP contribution in [-0.2, 0) is 11.2 Å². The lowest BCUT2D eigenvalue weighted by Gasteiger charge is -2.24. The van der Waals surface area contributed by atoms with Crippen LogP contribution < -0.4 is 5.32 Å². The van der Waals surface area contributed by atoms with E-state index < -0.39 is 4.92 Å². The molecule has 116 valence electrons. The van der Waals surface area contributed by atoms with Gasteiger partial charge in [-0.3, -0.25) is 14.9 Å². The molecule has 21 heavy (non-hydrogen) atoms. The van der Waals surface area contributed by atoms with Crippen LogP contribution in [-0.4, -0.2) is 41.9 Å². The summed E-state index contributed by atoms with van der Waals surface area (Å²) < 4.78 is 0. The van der Waals surface area contributed by atoms with Crippen LogP contribution in [0.25, 0.3) is 0 Å². The smallest absolute Gasteiger partial charge is 0.269 e. The Morgan fingerprint density at radius 1 is 1.52 bits per heavy atom. The zero-order valence-corrected chi connectivity index (χ0v) is 12.8. The first-order chi connectivity index (χ1) is 9.61. The maximum absolute atomic E-state index is 12.3. The minimum atomic E-state index is -0.437. The summed E-state index contributed by atoms with van der Waals surface area (Å²) in [7, 11) is 1.88. The predicted octanol–water partition coefficient (Wildman–Crippen LogP) is 1.77. The molecule has 1 saturated heterocycles. The Kier molecular flexibility index (Phi) is 6.58. The fraction of sp³-hybridized carbons (Fsp3) is 0.500. The van der Waals surface area contributed by atoms with Gasteiger partial charge in [-0.15, -0.1) is 12.4 Å². The molecule has 1 aliphatic rings. The molecule has 0 aromatic heterocycles. The number of benzene rings is 1. The third-order valence-corrected chi connectivity index (χ3v) is 3.61. The molecule has 1 amide bonds. The number of amides is 1. The second-order valence-electron chi connectivity index (χ2n) is 5.04. The van der Waals surface area contributed by atoms with Gasteiger partial charge in [0, 0.05) is 31.3 Å². The number of nitro benzene ring substituents is 1. The summed E-state index contributed by atoms with van der Waals surface area (Å²) in [5, 5.41) is 13.8. The lowest BCUT2D eigenvalue weighted by atomic mass is 10.1. The molecule has 1 N–H and O–H groups in total. The molecule has 1 aromatic rings. The highest BCUT2D eigenvalue weighted by molar-refractivity contribution is 5.85. The third-order valence-electron chi connectivity index (χ3n) is 3.61. The number of hydrogen-bond acceptors (Lipinski definition) is 4. The first-order valence-corrected chi connectivity index (χ1v) is 6.79. The largest absolute Gasteiger partial charge is 0.338 e. The van der Waals surface area contributed by atoms with Gasteiger partial charge in [0.15, 0.2) is 0 Å². The number of carbonyl (C=O) groups excluding carboxylic acids is 1. The maximum Gasteiger partial charge on any atom is 0.269 e. The summed E-state index contributed by atoms with van der Waals surface area (Å²) in [6.07, 6.45) is 2.26. The Hall–Kier alpha value is -1.66. The van der Waals surface area contributed by atoms with E-state index in [4.69, 9.17) is 0 Å². The summed E-state index contributed by atoms with van der Waals surface area (Å²) in [5.74, 6) is 0.0447. The molecule has 7 heteroatoms. The van der Waals surface area contributed by atoms with Crippen molar-refractivity contribution in [3.05, 3.63) is 39.9 Å². The highest BCUT2D eigenvalue weighted by Gasteiger charge is 2.27. The summed E-state index contributed by atoms with van der Waals surface area (Å²) >= 11 is 0. The average Bonchev–Trinajstić information content (AvgIpc) is 2.88. The van der Waals surface area contributed by atoms with E-state index in [0.717, 1.165) is 25.9 Å². The van der Waals surface area contributed by atoms with Crippen molar-refractivity contribution < 1.29 is 9.72 Å². The lowest BCUT2D eigenvalue weighted by molar-refractivity contribution is -0.384. The van der Waals surface area contributed by atoms with E-state index in [2.05, 4.69) is 5.32 Å². The Bertz CT molecular complexity index is 510. The summed E-state index contributed by atoms with van der Waals surface area (Å²) in [6.45, 7) is 1.57. The Balaban J connectivity index is 0.00000220. The first kappa shape index (κ1) is 17.4. The van der Waals surface area contributed by atoms with E-state index in [1.807, 2.05) is 11.9 Å². The molecule has 2 rings (SSSR count). The van der Waals surface area contributed by atoms with Gasteiger partial charge in [-0.05, 0) is 25.5 Å². The van der Waals surface area contributed by atoms with Gasteiger partial charge in [-0.1, -0.05) is 12.1 Å². The molecule has 1 heterocycles. The average molecular weight is 314 g/mol. The quantitative estimate of drug-likeness (QED) is 0.664. The van der Waals surface area contributed by atoms with E-state index in [0.29, 0.717) is 5.56 Å². The molecular formula is C14H20ClN3O3. The Labute approximate surface area is 130 Å². The van der Waals surface area contributed by atoms with E-state index >= 15 is 0 Å². The predicted molar refractivity (Wildman–Crippen MR) is 82.7 cm³/mol. The molecule has 0 bridgehead atoms. The number of nitro groups is 1. The molecule has 0 saturated carbocycles. The molecule has 6 nitrogen and oxygen atoms in total. The van der Waals surface area contributed by atoms with Crippen LogP contribution in [0, 0.1) is 10.1 Å². The van der Waals surface area contributed by atoms with Gasteiger partial charge in [0.05, 0.1) is 11.3 Å². The highest BCUT2D eigenvalue weighted by Crippen LogP contribution is 2.19. The standard InChI is InChI=1S/C14H19N3O3.ClH/c1-15-10-13-6-3-7-16(13)14(18)9-11-4-2-5-12(8-11)17(19)20;/h2,4-5,8,13,15H,3,6-7,9-10H2,1H3;1H. The van der Waals surface area contributed by atoms with Crippen LogP contribution in [0.5, 0.6) is 0 Å². The third kappa shape index (κ3) is 4.41. The first-order valence-electron chi connectivity index (χ1n) is 6.79. The van der Waals surface area contributed by atoms with Gasteiger partial charge < -0.3 is 10.2 Å². The van der Waals surface area contributed by atoms with Crippen LogP contribution >= 0.6 is 12.4 Å². The van der Waals surface area contributed by atoms with Gasteiger partial charge in [-0.25, -0.2) is 0 Å². The van der Waals surface area contributed by atoms with Crippen LogP contribution in [0.1, 0.15) is 18.4 Å². The van der Waals surface area contributed by atoms with Gasteiger partial charge in [0.25, 0.3) is 5.69 Å². The Morgan fingerprint density at radius 2 is 2.29 bits per heavy atom. The SMILES string of the molecule is CNCC1CCCN1C(=O)Cc1cccc([N+](=O)[O-])c1.Cl. The second kappa shape index (κ2) is 7.95. The van der Waals surface area contributed by atoms with Crippen molar-refractivity contribution in [2.45, 2.75) is 25.3 Å². The molecule has 1 atom stereocenters. The number of carbonyl (C=O) groups is 1. The molecular weight excluding hydrogens is 294 g/mol. The summed E-state index contributed by atoms with van der Waals surface area (Å²) in [6, 6.07) is 6.53. The molecule has 1 unspecified atom stereocenters. The fourth-order valence-corrected chi connectivity index (χ4v) is 2.67. The van der Waals surface area contributed by atoms with Gasteiger partial charge in [-0.2, -0.15) is 0 Å². The van der Waals surface area contributed by atoms with E-state index in [9.17, 15) is 14.9 Å². The summed E-state index contributed by atoms with van der Waals surface area (Å²) in [5.41, 5.74) is 0.725. The minimum absolute atomic E-state index is 0. The van der Waals surface area contributed by atoms with Crippen molar-refractivity contribution in [3.8, 4) is 0 Å². The van der Waals surface area contributed by atoms with Crippen LogP contribution in [0.3, 0.4) is 0 Å². The molecule has 1 aromatic carbocycles. The minimum Gasteiger partial charge on any atom is -0.338 e. The van der Waals surface area contributed by atoms with Gasteiger partial charge in [0.1, 0.15) is 0 Å². The highest BCUT2D eigenvalue weighted by atomic mass is 35.5. The van der Waals surface area contributed by atoms with Crippen molar-refractivity contribution in [2.75, 3.05) is 20.1 Å². The monoisotopic (exact) mass is 313 g/mol. The van der Waals surface area contributed by atoms with Crippen molar-refractivity contribution in [1.29, 1.82) is 0 Å². The van der Waals surface area contributed by atoms with Crippen LogP contribution in [0.2, 0.25) is 0 Å². The number of hydrogen-bond donors (Lipinski definition) is 1. The topological polar surface area (TPSA) is 75.5 Å². The second-order valence-corrected chi connectivity index (χ2v) is 5.04. The van der Waals surface area contributed by atoms with Crippen LogP contribution in [0.4, 0.5) is 5.69 Å². The number of rotatable bonds is 5. The number of nitrogens with one attached hydrogen (secondary N) is 1. The number of likely N-dealkylation sites (tertiary alicyclic amines) is 1. The van der Waals surface area contributed by atoms with E-state index in [-0.39, 0.29) is 36.5 Å². The van der Waals surface area contributed by atoms with Crippen molar-refractivity contribution in [1.82, 2.24) is 10.2 Å². The molecule has 0 spiro atoms. The normalized spacial score (nSPS) is 17.4. The molecule has 0 radical (unpaired) electrons. The van der Waals surface area contributed by atoms with Gasteiger partial charge in [0.2, 0.25) is 5.91 Å².